The lowest BCUT2D eigenvalue weighted by atomic mass is 10.2. The minimum absolute atomic E-state index is 0.864. The molecule has 0 spiro atoms. The molecule has 0 atom stereocenters. The van der Waals surface area contributed by atoms with Crippen LogP contribution in [0.2, 0.25) is 0 Å². The minimum Gasteiger partial charge on any atom is -0.497 e. The lowest BCUT2D eigenvalue weighted by Gasteiger charge is -1.96. The van der Waals surface area contributed by atoms with E-state index in [2.05, 4.69) is 4.37 Å². The summed E-state index contributed by atoms with van der Waals surface area (Å²) < 4.78 is 9.25. The third-order valence-corrected chi connectivity index (χ3v) is 2.23. The molecule has 0 unspecified atom stereocenters. The monoisotopic (exact) mass is 165 g/mol. The molecular weight excluding hydrogens is 158 g/mol. The van der Waals surface area contributed by atoms with Crippen LogP contribution in [-0.4, -0.2) is 11.5 Å². The Balaban J connectivity index is 2.67. The molecule has 0 bridgehead atoms. The van der Waals surface area contributed by atoms with E-state index in [-0.39, 0.29) is 0 Å². The summed E-state index contributed by atoms with van der Waals surface area (Å²) in [6.45, 7) is 0. The molecule has 0 fully saturated rings. The van der Waals surface area contributed by atoms with Crippen molar-refractivity contribution in [3.63, 3.8) is 0 Å². The molecule has 0 radical (unpaired) electrons. The van der Waals surface area contributed by atoms with Crippen LogP contribution in [0, 0.1) is 0 Å². The second-order valence-electron chi connectivity index (χ2n) is 2.24. The zero-order chi connectivity index (χ0) is 7.68. The molecular formula is C8H7NOS. The van der Waals surface area contributed by atoms with Crippen LogP contribution in [0.4, 0.5) is 0 Å². The molecule has 0 aliphatic rings. The van der Waals surface area contributed by atoms with Gasteiger partial charge in [0.1, 0.15) is 5.75 Å². The first-order valence-electron chi connectivity index (χ1n) is 3.28. The third-order valence-electron chi connectivity index (χ3n) is 1.57. The van der Waals surface area contributed by atoms with Gasteiger partial charge in [-0.15, -0.1) is 0 Å². The van der Waals surface area contributed by atoms with E-state index in [9.17, 15) is 0 Å². The average molecular weight is 165 g/mol. The van der Waals surface area contributed by atoms with Crippen molar-refractivity contribution in [1.29, 1.82) is 0 Å². The summed E-state index contributed by atoms with van der Waals surface area (Å²) in [6, 6.07) is 5.89. The fourth-order valence-corrected chi connectivity index (χ4v) is 1.61. The van der Waals surface area contributed by atoms with Gasteiger partial charge in [-0.05, 0) is 23.7 Å². The number of nitrogens with zero attached hydrogens (tertiary/aromatic N) is 1. The maximum Gasteiger partial charge on any atom is 0.121 e. The van der Waals surface area contributed by atoms with Crippen LogP contribution in [0.3, 0.4) is 0 Å². The Morgan fingerprint density at radius 2 is 2.36 bits per heavy atom. The average Bonchev–Trinajstić information content (AvgIpc) is 2.50. The van der Waals surface area contributed by atoms with Crippen molar-refractivity contribution in [1.82, 2.24) is 4.37 Å². The summed E-state index contributed by atoms with van der Waals surface area (Å²) in [6.07, 6.45) is 0. The highest BCUT2D eigenvalue weighted by Crippen LogP contribution is 2.20. The Morgan fingerprint density at radius 3 is 3.18 bits per heavy atom. The van der Waals surface area contributed by atoms with Gasteiger partial charge >= 0.3 is 0 Å². The van der Waals surface area contributed by atoms with Gasteiger partial charge in [0, 0.05) is 16.8 Å². The molecule has 0 saturated heterocycles. The molecule has 1 heterocycles. The van der Waals surface area contributed by atoms with Gasteiger partial charge in [0.15, 0.2) is 0 Å². The van der Waals surface area contributed by atoms with Gasteiger partial charge in [-0.1, -0.05) is 0 Å². The predicted octanol–water partition coefficient (Wildman–Crippen LogP) is 2.30. The number of ether oxygens (including phenoxy) is 1. The topological polar surface area (TPSA) is 22.1 Å². The maximum absolute atomic E-state index is 5.06. The second-order valence-corrected chi connectivity index (χ2v) is 2.87. The first-order chi connectivity index (χ1) is 5.40. The fraction of sp³-hybridized carbons (Fsp3) is 0.125. The van der Waals surface area contributed by atoms with E-state index in [4.69, 9.17) is 4.74 Å². The summed E-state index contributed by atoms with van der Waals surface area (Å²) >= 11 is 1.47. The SMILES string of the molecule is COc1ccc2csnc2c1. The zero-order valence-electron chi connectivity index (χ0n) is 6.07. The molecule has 3 heteroatoms. The number of fused-ring (bicyclic) bond motifs is 1. The van der Waals surface area contributed by atoms with Gasteiger partial charge in [-0.25, -0.2) is 0 Å². The molecule has 0 saturated carbocycles. The predicted molar refractivity (Wildman–Crippen MR) is 46.2 cm³/mol. The molecule has 2 aromatic rings. The quantitative estimate of drug-likeness (QED) is 0.646. The van der Waals surface area contributed by atoms with Crippen molar-refractivity contribution in [2.24, 2.45) is 0 Å². The molecule has 1 aromatic carbocycles. The molecule has 11 heavy (non-hydrogen) atoms. The smallest absolute Gasteiger partial charge is 0.121 e. The van der Waals surface area contributed by atoms with Crippen molar-refractivity contribution in [2.75, 3.05) is 7.11 Å². The van der Waals surface area contributed by atoms with E-state index in [1.165, 1.54) is 16.9 Å². The van der Waals surface area contributed by atoms with Crippen LogP contribution in [-0.2, 0) is 0 Å². The summed E-state index contributed by atoms with van der Waals surface area (Å²) in [4.78, 5) is 0. The molecule has 0 amide bonds. The van der Waals surface area contributed by atoms with Crippen LogP contribution in [0.5, 0.6) is 5.75 Å². The van der Waals surface area contributed by atoms with Gasteiger partial charge in [0.25, 0.3) is 0 Å². The molecule has 0 N–H and O–H groups in total. The molecule has 2 rings (SSSR count). The van der Waals surface area contributed by atoms with Crippen LogP contribution >= 0.6 is 11.5 Å². The first-order valence-corrected chi connectivity index (χ1v) is 4.12. The Morgan fingerprint density at radius 1 is 1.45 bits per heavy atom. The highest BCUT2D eigenvalue weighted by molar-refractivity contribution is 7.04. The first kappa shape index (κ1) is 6.61. The highest BCUT2D eigenvalue weighted by Gasteiger charge is 1.96. The second kappa shape index (κ2) is 2.51. The van der Waals surface area contributed by atoms with Crippen molar-refractivity contribution >= 4 is 22.4 Å². The van der Waals surface area contributed by atoms with Gasteiger partial charge in [0.05, 0.1) is 12.6 Å². The van der Waals surface area contributed by atoms with Crippen molar-refractivity contribution < 1.29 is 4.74 Å². The molecule has 2 nitrogen and oxygen atoms in total. The van der Waals surface area contributed by atoms with Crippen molar-refractivity contribution in [3.05, 3.63) is 23.6 Å². The van der Waals surface area contributed by atoms with Crippen LogP contribution in [0.25, 0.3) is 10.9 Å². The Hall–Kier alpha value is -1.09. The zero-order valence-corrected chi connectivity index (χ0v) is 6.89. The van der Waals surface area contributed by atoms with Gasteiger partial charge in [-0.2, -0.15) is 4.37 Å². The summed E-state index contributed by atoms with van der Waals surface area (Å²) in [5.74, 6) is 0.864. The number of rotatable bonds is 1. The summed E-state index contributed by atoms with van der Waals surface area (Å²) in [7, 11) is 1.66. The standard InChI is InChI=1S/C8H7NOS/c1-10-7-3-2-6-5-11-9-8(6)4-7/h2-5H,1H3. The third kappa shape index (κ3) is 1.07. The molecule has 0 aliphatic carbocycles. The van der Waals surface area contributed by atoms with E-state index in [0.717, 1.165) is 11.3 Å². The normalized spacial score (nSPS) is 10.3. The number of methoxy groups -OCH3 is 1. The van der Waals surface area contributed by atoms with Gasteiger partial charge < -0.3 is 4.74 Å². The lowest BCUT2D eigenvalue weighted by molar-refractivity contribution is 0.415. The summed E-state index contributed by atoms with van der Waals surface area (Å²) in [5.41, 5.74) is 1.01. The van der Waals surface area contributed by atoms with Crippen molar-refractivity contribution in [3.8, 4) is 5.75 Å². The number of aromatic nitrogens is 1. The van der Waals surface area contributed by atoms with Gasteiger partial charge in [0.2, 0.25) is 0 Å². The van der Waals surface area contributed by atoms with Crippen molar-refractivity contribution in [2.45, 2.75) is 0 Å². The molecule has 56 valence electrons. The minimum atomic E-state index is 0.864. The van der Waals surface area contributed by atoms with E-state index in [1.807, 2.05) is 23.6 Å². The van der Waals surface area contributed by atoms with E-state index >= 15 is 0 Å². The van der Waals surface area contributed by atoms with Crippen LogP contribution < -0.4 is 4.74 Å². The summed E-state index contributed by atoms with van der Waals surface area (Å²) in [5, 5.41) is 3.20. The molecule has 1 aromatic heterocycles. The van der Waals surface area contributed by atoms with E-state index < -0.39 is 0 Å². The largest absolute Gasteiger partial charge is 0.497 e. The highest BCUT2D eigenvalue weighted by atomic mass is 32.1. The Kier molecular flexibility index (Phi) is 1.51. The maximum atomic E-state index is 5.06. The number of hydrogen-bond acceptors (Lipinski definition) is 3. The lowest BCUT2D eigenvalue weighted by Crippen LogP contribution is -1.80. The number of benzene rings is 1. The molecule has 0 aliphatic heterocycles. The number of hydrogen-bond donors (Lipinski definition) is 0. The van der Waals surface area contributed by atoms with Gasteiger partial charge in [-0.3, -0.25) is 0 Å². The van der Waals surface area contributed by atoms with Crippen LogP contribution in [0.15, 0.2) is 23.6 Å². The van der Waals surface area contributed by atoms with E-state index in [1.54, 1.807) is 7.11 Å². The van der Waals surface area contributed by atoms with E-state index in [0.29, 0.717) is 0 Å². The Bertz CT molecular complexity index is 369. The fourth-order valence-electron chi connectivity index (χ4n) is 0.969. The van der Waals surface area contributed by atoms with Crippen LogP contribution in [0.1, 0.15) is 0 Å². The Labute approximate surface area is 68.6 Å².